The third kappa shape index (κ3) is 5.65. The van der Waals surface area contributed by atoms with Crippen molar-refractivity contribution in [2.45, 2.75) is 25.3 Å². The smallest absolute Gasteiger partial charge is 0.212 e. The van der Waals surface area contributed by atoms with E-state index >= 15 is 0 Å². The Morgan fingerprint density at radius 1 is 0.627 bits per heavy atom. The summed E-state index contributed by atoms with van der Waals surface area (Å²) in [5.74, 6) is 4.73. The lowest BCUT2D eigenvalue weighted by atomic mass is 9.78. The Hall–Kier alpha value is -5.42. The molecule has 266 valence electrons. The van der Waals surface area contributed by atoms with Crippen LogP contribution in [-0.2, 0) is 19.3 Å². The van der Waals surface area contributed by atoms with Crippen molar-refractivity contribution in [3.05, 3.63) is 75.8 Å². The lowest BCUT2D eigenvalue weighted by Gasteiger charge is -2.35. The van der Waals surface area contributed by atoms with E-state index in [4.69, 9.17) is 37.9 Å². The molecule has 0 bridgehead atoms. The number of hydrogen-bond donors (Lipinski definition) is 0. The van der Waals surface area contributed by atoms with Gasteiger partial charge in [0.25, 0.3) is 0 Å². The number of aliphatic imine (C=N–C) groups is 1. The van der Waals surface area contributed by atoms with Gasteiger partial charge in [0.15, 0.2) is 46.0 Å². The highest BCUT2D eigenvalue weighted by Gasteiger charge is 2.37. The second kappa shape index (κ2) is 13.7. The first-order chi connectivity index (χ1) is 24.8. The van der Waals surface area contributed by atoms with E-state index in [1.807, 2.05) is 24.3 Å². The van der Waals surface area contributed by atoms with Crippen molar-refractivity contribution in [3.63, 3.8) is 0 Å². The van der Waals surface area contributed by atoms with Gasteiger partial charge in [-0.3, -0.25) is 14.7 Å². The summed E-state index contributed by atoms with van der Waals surface area (Å²) in [6.07, 6.45) is 2.14. The molecule has 0 spiro atoms. The van der Waals surface area contributed by atoms with Crippen LogP contribution in [0.2, 0.25) is 0 Å². The quantitative estimate of drug-likeness (QED) is 0.172. The number of carbonyl (C=O) groups is 1. The van der Waals surface area contributed by atoms with Crippen LogP contribution in [0.25, 0.3) is 11.1 Å². The van der Waals surface area contributed by atoms with Gasteiger partial charge < -0.3 is 37.9 Å². The topological polar surface area (TPSA) is 107 Å². The highest BCUT2D eigenvalue weighted by molar-refractivity contribution is 6.55. The van der Waals surface area contributed by atoms with Crippen LogP contribution in [0.3, 0.4) is 0 Å². The third-order valence-electron chi connectivity index (χ3n) is 10.1. The second-order valence-corrected chi connectivity index (χ2v) is 12.7. The molecule has 0 unspecified atom stereocenters. The summed E-state index contributed by atoms with van der Waals surface area (Å²) >= 11 is 0. The number of likely N-dealkylation sites (N-methyl/N-ethyl adjacent to an activating group) is 1. The van der Waals surface area contributed by atoms with E-state index in [-0.39, 0.29) is 11.8 Å². The molecule has 0 saturated heterocycles. The van der Waals surface area contributed by atoms with Crippen molar-refractivity contribution in [1.82, 2.24) is 4.90 Å². The summed E-state index contributed by atoms with van der Waals surface area (Å²) in [4.78, 5) is 21.2. The van der Waals surface area contributed by atoms with Gasteiger partial charge in [-0.15, -0.1) is 0 Å². The van der Waals surface area contributed by atoms with Crippen molar-refractivity contribution in [2.24, 2.45) is 4.99 Å². The molecule has 1 atom stereocenters. The minimum atomic E-state index is -0.185. The molecule has 0 radical (unpaired) electrons. The van der Waals surface area contributed by atoms with Gasteiger partial charge in [0.05, 0.1) is 49.8 Å². The van der Waals surface area contributed by atoms with Crippen LogP contribution in [0.15, 0.2) is 47.5 Å². The molecule has 1 aliphatic carbocycles. The van der Waals surface area contributed by atoms with Crippen molar-refractivity contribution >= 4 is 11.5 Å². The number of methoxy groups -OCH3 is 7. The zero-order valence-corrected chi connectivity index (χ0v) is 30.2. The molecule has 2 heterocycles. The maximum Gasteiger partial charge on any atom is 0.212 e. The largest absolute Gasteiger partial charge is 0.493 e. The summed E-state index contributed by atoms with van der Waals surface area (Å²) in [5.41, 5.74) is 7.25. The number of nitrogens with zero attached hydrogens (tertiary/aromatic N) is 2. The Morgan fingerprint density at radius 2 is 1.24 bits per heavy atom. The molecule has 0 aromatic heterocycles. The molecule has 11 heteroatoms. The monoisotopic (exact) mass is 694 g/mol. The number of fused-ring (bicyclic) bond motifs is 3. The van der Waals surface area contributed by atoms with Crippen LogP contribution in [0.5, 0.6) is 51.7 Å². The number of Topliss-reactive ketones (excluding diaryl/α,β-unsaturated/α-hetero) is 1. The van der Waals surface area contributed by atoms with Gasteiger partial charge in [-0.25, -0.2) is 0 Å². The molecular weight excluding hydrogens is 652 g/mol. The molecule has 51 heavy (non-hydrogen) atoms. The second-order valence-electron chi connectivity index (χ2n) is 12.7. The Balaban J connectivity index is 1.36. The molecule has 4 aromatic rings. The number of hydrogen-bond acceptors (Lipinski definition) is 11. The first-order valence-corrected chi connectivity index (χ1v) is 16.8. The maximum atomic E-state index is 14.2. The van der Waals surface area contributed by atoms with E-state index in [9.17, 15) is 4.79 Å². The highest BCUT2D eigenvalue weighted by atomic mass is 16.5. The van der Waals surface area contributed by atoms with Gasteiger partial charge in [0.2, 0.25) is 5.78 Å². The van der Waals surface area contributed by atoms with Crippen molar-refractivity contribution in [1.29, 1.82) is 0 Å². The van der Waals surface area contributed by atoms with Crippen molar-refractivity contribution in [3.8, 4) is 62.9 Å². The average Bonchev–Trinajstić information content (AvgIpc) is 3.16. The number of benzene rings is 4. The molecule has 0 fully saturated rings. The van der Waals surface area contributed by atoms with Crippen LogP contribution >= 0.6 is 0 Å². The summed E-state index contributed by atoms with van der Waals surface area (Å²) in [6, 6.07) is 13.4. The fourth-order valence-corrected chi connectivity index (χ4v) is 7.55. The number of carbonyl (C=O) groups excluding carboxylic acids is 1. The van der Waals surface area contributed by atoms with Crippen molar-refractivity contribution < 1.29 is 42.7 Å². The standard InChI is InChI=1S/C40H42N2O9/c1-42-12-10-21-14-29(44-2)31(46-4)17-24(21)27(42)13-23-16-30(45-3)33(48-6)20-28(23)51-34-19-26-25(18-32(34)47-5)37-36-22(9-11-41-38(36)39(26)43)15-35(49-7)40(37)50-8/h14-20,27H,9-13H2,1-8H3/t27-/m1/s1. The zero-order chi connectivity index (χ0) is 36.0. The summed E-state index contributed by atoms with van der Waals surface area (Å²) < 4.78 is 47.1. The van der Waals surface area contributed by atoms with Gasteiger partial charge in [0.1, 0.15) is 11.5 Å². The minimum Gasteiger partial charge on any atom is -0.493 e. The molecule has 7 rings (SSSR count). The first-order valence-electron chi connectivity index (χ1n) is 16.8. The fraction of sp³-hybridized carbons (Fsp3) is 0.350. The number of rotatable bonds is 11. The van der Waals surface area contributed by atoms with Crippen LogP contribution < -0.4 is 37.9 Å². The molecular formula is C40H42N2O9. The minimum absolute atomic E-state index is 0.0153. The SMILES string of the molecule is COc1cc(C[C@@H]2c3cc(OC)c(OC)cc3CCN2C)c(Oc2cc3c(cc2OC)-c2c(OC)c(OC)cc4c2C(=NCC4)C3=O)cc1OC. The van der Waals surface area contributed by atoms with E-state index in [0.29, 0.717) is 88.0 Å². The van der Waals surface area contributed by atoms with Gasteiger partial charge in [-0.1, -0.05) is 0 Å². The van der Waals surface area contributed by atoms with Gasteiger partial charge in [0, 0.05) is 53.0 Å². The maximum absolute atomic E-state index is 14.2. The number of ether oxygens (including phenoxy) is 8. The Bertz CT molecular complexity index is 2070. The Labute approximate surface area is 297 Å². The normalized spacial score (nSPS) is 15.9. The van der Waals surface area contributed by atoms with E-state index in [2.05, 4.69) is 29.1 Å². The van der Waals surface area contributed by atoms with E-state index in [0.717, 1.165) is 40.8 Å². The van der Waals surface area contributed by atoms with Gasteiger partial charge in [-0.2, -0.15) is 0 Å². The summed E-state index contributed by atoms with van der Waals surface area (Å²) in [5, 5.41) is 0. The molecule has 0 amide bonds. The van der Waals surface area contributed by atoms with Crippen LogP contribution in [0.4, 0.5) is 0 Å². The lowest BCUT2D eigenvalue weighted by molar-refractivity contribution is 0.106. The zero-order valence-electron chi connectivity index (χ0n) is 30.2. The predicted octanol–water partition coefficient (Wildman–Crippen LogP) is 6.52. The van der Waals surface area contributed by atoms with E-state index < -0.39 is 0 Å². The Kier molecular flexibility index (Phi) is 9.15. The molecule has 11 nitrogen and oxygen atoms in total. The van der Waals surface area contributed by atoms with Gasteiger partial charge >= 0.3 is 0 Å². The summed E-state index contributed by atoms with van der Waals surface area (Å²) in [6.45, 7) is 1.36. The van der Waals surface area contributed by atoms with Crippen LogP contribution in [0.1, 0.15) is 44.2 Å². The van der Waals surface area contributed by atoms with E-state index in [1.165, 1.54) is 5.56 Å². The average molecular weight is 695 g/mol. The molecule has 4 aromatic carbocycles. The molecule has 0 N–H and O–H groups in total. The Morgan fingerprint density at radius 3 is 1.92 bits per heavy atom. The van der Waals surface area contributed by atoms with Crippen LogP contribution in [-0.4, -0.2) is 86.3 Å². The van der Waals surface area contributed by atoms with E-state index in [1.54, 1.807) is 55.8 Å². The van der Waals surface area contributed by atoms with Gasteiger partial charge in [-0.05, 0) is 79.4 Å². The summed E-state index contributed by atoms with van der Waals surface area (Å²) in [7, 11) is 13.4. The number of ketones is 1. The molecule has 0 saturated carbocycles. The lowest BCUT2D eigenvalue weighted by Crippen LogP contribution is -2.33. The molecule has 2 aliphatic heterocycles. The highest BCUT2D eigenvalue weighted by Crippen LogP contribution is 2.51. The van der Waals surface area contributed by atoms with Crippen molar-refractivity contribution in [2.75, 3.05) is 69.9 Å². The fourth-order valence-electron chi connectivity index (χ4n) is 7.55. The first kappa shape index (κ1) is 34.0. The van der Waals surface area contributed by atoms with Crippen LogP contribution in [0, 0.1) is 0 Å². The molecule has 3 aliphatic rings. The third-order valence-corrected chi connectivity index (χ3v) is 10.1. The predicted molar refractivity (Wildman–Crippen MR) is 193 cm³/mol.